The minimum atomic E-state index is -0.496. The molecule has 19 heavy (non-hydrogen) atoms. The van der Waals surface area contributed by atoms with Crippen molar-refractivity contribution >= 4 is 11.7 Å². The summed E-state index contributed by atoms with van der Waals surface area (Å²) in [6.07, 6.45) is 2.58. The molecule has 1 amide bonds. The summed E-state index contributed by atoms with van der Waals surface area (Å²) in [5, 5.41) is 2.78. The first-order chi connectivity index (χ1) is 8.93. The molecule has 0 aliphatic rings. The number of carbonyl (C=O) groups excluding carboxylic acids is 1. The maximum atomic E-state index is 12.0. The quantitative estimate of drug-likeness (QED) is 0.816. The molecule has 2 unspecified atom stereocenters. The van der Waals surface area contributed by atoms with Gasteiger partial charge in [0.05, 0.1) is 6.04 Å². The molecule has 0 aromatic carbocycles. The Morgan fingerprint density at radius 1 is 1.53 bits per heavy atom. The molecule has 5 heteroatoms. The topological polar surface area (TPSA) is 71.2 Å². The number of hydrogen-bond acceptors (Lipinski definition) is 4. The lowest BCUT2D eigenvalue weighted by Crippen LogP contribution is -2.40. The highest BCUT2D eigenvalue weighted by molar-refractivity contribution is 5.94. The number of nitrogens with two attached hydrogens (primary N) is 1. The highest BCUT2D eigenvalue weighted by Crippen LogP contribution is 2.11. The lowest BCUT2D eigenvalue weighted by atomic mass is 9.99. The molecule has 1 heterocycles. The lowest BCUT2D eigenvalue weighted by molar-refractivity contribution is -0.118. The third-order valence-corrected chi connectivity index (χ3v) is 3.13. The Kier molecular flexibility index (Phi) is 5.92. The highest BCUT2D eigenvalue weighted by Gasteiger charge is 2.19. The van der Waals surface area contributed by atoms with Gasteiger partial charge in [-0.15, -0.1) is 0 Å². The van der Waals surface area contributed by atoms with Gasteiger partial charge >= 0.3 is 0 Å². The lowest BCUT2D eigenvalue weighted by Gasteiger charge is -2.17. The van der Waals surface area contributed by atoms with E-state index in [0.717, 1.165) is 18.5 Å². The van der Waals surface area contributed by atoms with Gasteiger partial charge in [0, 0.05) is 12.7 Å². The Hall–Kier alpha value is -1.46. The Labute approximate surface area is 115 Å². The molecule has 106 valence electrons. The summed E-state index contributed by atoms with van der Waals surface area (Å²) >= 11 is 0. The standard InChI is InChI=1S/C14H24N4O/c1-5-10(2)13(15)14(19)17-12-8-11(6-7-16-12)9-18(3)4/h6-8,10,13H,5,9,15H2,1-4H3,(H,16,17,19). The van der Waals surface area contributed by atoms with Crippen LogP contribution in [0.15, 0.2) is 18.3 Å². The normalized spacial score (nSPS) is 14.2. The van der Waals surface area contributed by atoms with Gasteiger partial charge in [-0.1, -0.05) is 20.3 Å². The first kappa shape index (κ1) is 15.6. The minimum absolute atomic E-state index is 0.157. The number of nitrogens with one attached hydrogen (secondary N) is 1. The Morgan fingerprint density at radius 3 is 2.79 bits per heavy atom. The van der Waals surface area contributed by atoms with Crippen molar-refractivity contribution in [2.45, 2.75) is 32.9 Å². The summed E-state index contributed by atoms with van der Waals surface area (Å²) in [5.41, 5.74) is 6.99. The number of amides is 1. The largest absolute Gasteiger partial charge is 0.320 e. The summed E-state index contributed by atoms with van der Waals surface area (Å²) in [4.78, 5) is 18.2. The summed E-state index contributed by atoms with van der Waals surface area (Å²) in [7, 11) is 4.00. The van der Waals surface area contributed by atoms with Gasteiger partial charge in [0.15, 0.2) is 0 Å². The molecule has 0 fully saturated rings. The van der Waals surface area contributed by atoms with Crippen molar-refractivity contribution in [2.24, 2.45) is 11.7 Å². The van der Waals surface area contributed by atoms with Crippen molar-refractivity contribution in [3.8, 4) is 0 Å². The summed E-state index contributed by atoms with van der Waals surface area (Å²) in [5.74, 6) is 0.539. The zero-order chi connectivity index (χ0) is 14.4. The fraction of sp³-hybridized carbons (Fsp3) is 0.571. The maximum absolute atomic E-state index is 12.0. The van der Waals surface area contributed by atoms with E-state index >= 15 is 0 Å². The zero-order valence-electron chi connectivity index (χ0n) is 12.2. The van der Waals surface area contributed by atoms with Crippen LogP contribution in [0.25, 0.3) is 0 Å². The van der Waals surface area contributed by atoms with Gasteiger partial charge in [-0.25, -0.2) is 4.98 Å². The van der Waals surface area contributed by atoms with E-state index in [4.69, 9.17) is 5.73 Å². The molecule has 0 aliphatic carbocycles. The number of carbonyl (C=O) groups is 1. The van der Waals surface area contributed by atoms with E-state index < -0.39 is 6.04 Å². The van der Waals surface area contributed by atoms with Gasteiger partial charge in [0.1, 0.15) is 5.82 Å². The first-order valence-electron chi connectivity index (χ1n) is 6.60. The van der Waals surface area contributed by atoms with E-state index in [9.17, 15) is 4.79 Å². The molecule has 3 N–H and O–H groups in total. The van der Waals surface area contributed by atoms with Gasteiger partial charge in [-0.05, 0) is 37.7 Å². The van der Waals surface area contributed by atoms with E-state index in [1.165, 1.54) is 0 Å². The summed E-state index contributed by atoms with van der Waals surface area (Å²) in [6.45, 7) is 4.80. The third-order valence-electron chi connectivity index (χ3n) is 3.13. The Morgan fingerprint density at radius 2 is 2.21 bits per heavy atom. The van der Waals surface area contributed by atoms with Crippen molar-refractivity contribution in [1.82, 2.24) is 9.88 Å². The predicted molar refractivity (Wildman–Crippen MR) is 77.7 cm³/mol. The van der Waals surface area contributed by atoms with Crippen molar-refractivity contribution in [3.63, 3.8) is 0 Å². The van der Waals surface area contributed by atoms with Gasteiger partial charge in [-0.2, -0.15) is 0 Å². The molecule has 0 spiro atoms. The molecule has 0 bridgehead atoms. The van der Waals surface area contributed by atoms with E-state index in [2.05, 4.69) is 15.2 Å². The zero-order valence-corrected chi connectivity index (χ0v) is 12.2. The first-order valence-corrected chi connectivity index (χ1v) is 6.60. The summed E-state index contributed by atoms with van der Waals surface area (Å²) in [6, 6.07) is 3.31. The van der Waals surface area contributed by atoms with Gasteiger partial charge in [0.25, 0.3) is 0 Å². The molecule has 5 nitrogen and oxygen atoms in total. The second-order valence-corrected chi connectivity index (χ2v) is 5.19. The van der Waals surface area contributed by atoms with Crippen LogP contribution in [0.1, 0.15) is 25.8 Å². The van der Waals surface area contributed by atoms with Crippen LogP contribution < -0.4 is 11.1 Å². The molecular weight excluding hydrogens is 240 g/mol. The molecule has 1 aromatic heterocycles. The molecule has 1 aromatic rings. The number of nitrogens with zero attached hydrogens (tertiary/aromatic N) is 2. The number of rotatable bonds is 6. The smallest absolute Gasteiger partial charge is 0.242 e. The maximum Gasteiger partial charge on any atom is 0.242 e. The van der Waals surface area contributed by atoms with Crippen molar-refractivity contribution < 1.29 is 4.79 Å². The van der Waals surface area contributed by atoms with E-state index in [0.29, 0.717) is 5.82 Å². The van der Waals surface area contributed by atoms with Crippen LogP contribution in [0.2, 0.25) is 0 Å². The van der Waals surface area contributed by atoms with Crippen LogP contribution in [0.3, 0.4) is 0 Å². The molecule has 0 aliphatic heterocycles. The number of aromatic nitrogens is 1. The Balaban J connectivity index is 2.69. The average molecular weight is 264 g/mol. The van der Waals surface area contributed by atoms with Crippen LogP contribution in [0.4, 0.5) is 5.82 Å². The second kappa shape index (κ2) is 7.21. The van der Waals surface area contributed by atoms with E-state index in [-0.39, 0.29) is 11.8 Å². The summed E-state index contributed by atoms with van der Waals surface area (Å²) < 4.78 is 0. The molecular formula is C14H24N4O. The van der Waals surface area contributed by atoms with Crippen LogP contribution in [0.5, 0.6) is 0 Å². The van der Waals surface area contributed by atoms with Crippen LogP contribution in [0, 0.1) is 5.92 Å². The van der Waals surface area contributed by atoms with Gasteiger partial charge < -0.3 is 16.0 Å². The highest BCUT2D eigenvalue weighted by atomic mass is 16.2. The second-order valence-electron chi connectivity index (χ2n) is 5.19. The fourth-order valence-electron chi connectivity index (χ4n) is 1.73. The van der Waals surface area contributed by atoms with Crippen molar-refractivity contribution in [3.05, 3.63) is 23.9 Å². The molecule has 0 saturated heterocycles. The van der Waals surface area contributed by atoms with Gasteiger partial charge in [0.2, 0.25) is 5.91 Å². The average Bonchev–Trinajstić information content (AvgIpc) is 2.36. The predicted octanol–water partition coefficient (Wildman–Crippen LogP) is 1.46. The Bertz CT molecular complexity index is 420. The van der Waals surface area contributed by atoms with E-state index in [1.54, 1.807) is 6.20 Å². The fourth-order valence-corrected chi connectivity index (χ4v) is 1.73. The van der Waals surface area contributed by atoms with E-state index in [1.807, 2.05) is 40.1 Å². The molecule has 0 saturated carbocycles. The van der Waals surface area contributed by atoms with Crippen LogP contribution >= 0.6 is 0 Å². The van der Waals surface area contributed by atoms with Gasteiger partial charge in [-0.3, -0.25) is 4.79 Å². The van der Waals surface area contributed by atoms with Crippen LogP contribution in [-0.4, -0.2) is 35.9 Å². The molecule has 2 atom stereocenters. The monoisotopic (exact) mass is 264 g/mol. The number of anilines is 1. The SMILES string of the molecule is CCC(C)C(N)C(=O)Nc1cc(CN(C)C)ccn1. The third kappa shape index (κ3) is 4.96. The van der Waals surface area contributed by atoms with Crippen molar-refractivity contribution in [1.29, 1.82) is 0 Å². The molecule has 0 radical (unpaired) electrons. The minimum Gasteiger partial charge on any atom is -0.320 e. The molecule has 1 rings (SSSR count). The number of pyridine rings is 1. The van der Waals surface area contributed by atoms with Crippen LogP contribution in [-0.2, 0) is 11.3 Å². The number of hydrogen-bond donors (Lipinski definition) is 2. The van der Waals surface area contributed by atoms with Crippen molar-refractivity contribution in [2.75, 3.05) is 19.4 Å².